The zero-order chi connectivity index (χ0) is 14.5. The zero-order valence-electron chi connectivity index (χ0n) is 12.8. The summed E-state index contributed by atoms with van der Waals surface area (Å²) in [5.74, 6) is 0.438. The summed E-state index contributed by atoms with van der Waals surface area (Å²) in [7, 11) is 0. The van der Waals surface area contributed by atoms with Crippen molar-refractivity contribution in [3.8, 4) is 0 Å². The molecule has 1 saturated heterocycles. The van der Waals surface area contributed by atoms with E-state index < -0.39 is 0 Å². The maximum atomic E-state index is 12.9. The van der Waals surface area contributed by atoms with Crippen LogP contribution >= 0.6 is 0 Å². The van der Waals surface area contributed by atoms with Gasteiger partial charge in [0, 0.05) is 18.6 Å². The molecule has 0 bridgehead atoms. The molecule has 2 heterocycles. The Morgan fingerprint density at radius 3 is 2.85 bits per heavy atom. The molecule has 112 valence electrons. The molecule has 2 unspecified atom stereocenters. The Bertz CT molecular complexity index is 405. The van der Waals surface area contributed by atoms with Crippen molar-refractivity contribution in [3.63, 3.8) is 0 Å². The summed E-state index contributed by atoms with van der Waals surface area (Å²) in [6, 6.07) is 4.11. The molecule has 2 atom stereocenters. The van der Waals surface area contributed by atoms with Gasteiger partial charge < -0.3 is 5.32 Å². The van der Waals surface area contributed by atoms with Crippen molar-refractivity contribution in [2.24, 2.45) is 5.92 Å². The topological polar surface area (TPSA) is 28.2 Å². The van der Waals surface area contributed by atoms with E-state index in [1.54, 1.807) is 6.07 Å². The van der Waals surface area contributed by atoms with Gasteiger partial charge in [-0.25, -0.2) is 4.39 Å². The van der Waals surface area contributed by atoms with Gasteiger partial charge in [0.15, 0.2) is 0 Å². The monoisotopic (exact) mass is 279 g/mol. The third-order valence-electron chi connectivity index (χ3n) is 4.09. The minimum absolute atomic E-state index is 0.262. The molecule has 0 radical (unpaired) electrons. The van der Waals surface area contributed by atoms with Crippen LogP contribution in [0.3, 0.4) is 0 Å². The van der Waals surface area contributed by atoms with Crippen LogP contribution in [-0.2, 0) is 0 Å². The van der Waals surface area contributed by atoms with Crippen molar-refractivity contribution in [2.75, 3.05) is 19.6 Å². The third-order valence-corrected chi connectivity index (χ3v) is 4.09. The van der Waals surface area contributed by atoms with Gasteiger partial charge in [0.25, 0.3) is 0 Å². The lowest BCUT2D eigenvalue weighted by Gasteiger charge is -2.37. The number of rotatable bonds is 5. The fourth-order valence-corrected chi connectivity index (χ4v) is 2.84. The Labute approximate surface area is 121 Å². The molecule has 0 spiro atoms. The van der Waals surface area contributed by atoms with Crippen LogP contribution in [-0.4, -0.2) is 35.6 Å². The number of hydrogen-bond acceptors (Lipinski definition) is 3. The molecular weight excluding hydrogens is 253 g/mol. The highest BCUT2D eigenvalue weighted by atomic mass is 19.1. The van der Waals surface area contributed by atoms with Crippen molar-refractivity contribution in [2.45, 2.75) is 45.7 Å². The molecule has 1 aliphatic heterocycles. The fourth-order valence-electron chi connectivity index (χ4n) is 2.84. The Morgan fingerprint density at radius 1 is 1.40 bits per heavy atom. The Kier molecular flexibility index (Phi) is 5.49. The maximum Gasteiger partial charge on any atom is 0.141 e. The molecule has 0 aliphatic carbocycles. The number of hydrogen-bond donors (Lipinski definition) is 1. The Morgan fingerprint density at radius 2 is 2.20 bits per heavy atom. The number of piperidine rings is 1. The van der Waals surface area contributed by atoms with Crippen molar-refractivity contribution < 1.29 is 4.39 Å². The second-order valence-corrected chi connectivity index (χ2v) is 6.14. The largest absolute Gasteiger partial charge is 0.314 e. The van der Waals surface area contributed by atoms with Gasteiger partial charge >= 0.3 is 0 Å². The van der Waals surface area contributed by atoms with E-state index in [1.807, 2.05) is 0 Å². The summed E-state index contributed by atoms with van der Waals surface area (Å²) in [6.07, 6.45) is 3.84. The summed E-state index contributed by atoms with van der Waals surface area (Å²) < 4.78 is 12.9. The number of aromatic nitrogens is 1. The molecule has 3 nitrogen and oxygen atoms in total. The van der Waals surface area contributed by atoms with Crippen molar-refractivity contribution in [1.82, 2.24) is 15.2 Å². The lowest BCUT2D eigenvalue weighted by atomic mass is 9.96. The number of likely N-dealkylation sites (tertiary alicyclic amines) is 1. The van der Waals surface area contributed by atoms with Gasteiger partial charge in [-0.3, -0.25) is 9.88 Å². The number of nitrogens with zero attached hydrogens (tertiary/aromatic N) is 2. The molecule has 1 fully saturated rings. The highest BCUT2D eigenvalue weighted by molar-refractivity contribution is 5.09. The minimum atomic E-state index is -0.265. The third kappa shape index (κ3) is 4.25. The van der Waals surface area contributed by atoms with Gasteiger partial charge in [-0.15, -0.1) is 0 Å². The van der Waals surface area contributed by atoms with Crippen LogP contribution in [0.1, 0.15) is 45.3 Å². The smallest absolute Gasteiger partial charge is 0.141 e. The summed E-state index contributed by atoms with van der Waals surface area (Å²) in [6.45, 7) is 9.83. The lowest BCUT2D eigenvalue weighted by molar-refractivity contribution is 0.127. The quantitative estimate of drug-likeness (QED) is 0.898. The van der Waals surface area contributed by atoms with E-state index in [0.717, 1.165) is 25.3 Å². The number of pyridine rings is 1. The first-order valence-electron chi connectivity index (χ1n) is 7.65. The summed E-state index contributed by atoms with van der Waals surface area (Å²) in [5.41, 5.74) is 0.962. The van der Waals surface area contributed by atoms with E-state index in [9.17, 15) is 4.39 Å². The van der Waals surface area contributed by atoms with Crippen LogP contribution in [0.5, 0.6) is 0 Å². The molecule has 1 aromatic rings. The number of nitrogens with one attached hydrogen (secondary N) is 1. The van der Waals surface area contributed by atoms with Crippen molar-refractivity contribution in [3.05, 3.63) is 29.8 Å². The van der Waals surface area contributed by atoms with Gasteiger partial charge in [-0.1, -0.05) is 13.8 Å². The van der Waals surface area contributed by atoms with Crippen LogP contribution in [0, 0.1) is 11.7 Å². The van der Waals surface area contributed by atoms with E-state index in [0.29, 0.717) is 12.0 Å². The predicted molar refractivity (Wildman–Crippen MR) is 80.0 cm³/mol. The van der Waals surface area contributed by atoms with Crippen LogP contribution in [0.4, 0.5) is 4.39 Å². The van der Waals surface area contributed by atoms with Crippen LogP contribution in [0.2, 0.25) is 0 Å². The predicted octanol–water partition coefficient (Wildman–Crippen LogP) is 2.99. The summed E-state index contributed by atoms with van der Waals surface area (Å²) in [5, 5.41) is 3.53. The van der Waals surface area contributed by atoms with E-state index in [1.165, 1.54) is 25.1 Å². The standard InChI is InChI=1S/C16H26FN3/c1-12(2)18-9-14-5-4-8-20(11-14)13(3)16-7-6-15(17)10-19-16/h6-7,10,12-14,18H,4-5,8-9,11H2,1-3H3. The molecule has 1 aromatic heterocycles. The van der Waals surface area contributed by atoms with E-state index >= 15 is 0 Å². The van der Waals surface area contributed by atoms with Crippen LogP contribution in [0.25, 0.3) is 0 Å². The molecule has 20 heavy (non-hydrogen) atoms. The molecule has 4 heteroatoms. The average Bonchev–Trinajstić information content (AvgIpc) is 2.45. The molecule has 1 N–H and O–H groups in total. The zero-order valence-corrected chi connectivity index (χ0v) is 12.8. The molecular formula is C16H26FN3. The summed E-state index contributed by atoms with van der Waals surface area (Å²) >= 11 is 0. The summed E-state index contributed by atoms with van der Waals surface area (Å²) in [4.78, 5) is 6.69. The Hall–Kier alpha value is -1.00. The second-order valence-electron chi connectivity index (χ2n) is 6.14. The molecule has 0 saturated carbocycles. The Balaban J connectivity index is 1.92. The fraction of sp³-hybridized carbons (Fsp3) is 0.688. The molecule has 1 aliphatic rings. The normalized spacial score (nSPS) is 22.1. The average molecular weight is 279 g/mol. The van der Waals surface area contributed by atoms with Gasteiger partial charge in [0.05, 0.1) is 11.9 Å². The van der Waals surface area contributed by atoms with Crippen LogP contribution < -0.4 is 5.32 Å². The van der Waals surface area contributed by atoms with Gasteiger partial charge in [0.1, 0.15) is 5.82 Å². The van der Waals surface area contributed by atoms with Gasteiger partial charge in [-0.2, -0.15) is 0 Å². The van der Waals surface area contributed by atoms with Crippen molar-refractivity contribution in [1.29, 1.82) is 0 Å². The highest BCUT2D eigenvalue weighted by Crippen LogP contribution is 2.25. The van der Waals surface area contributed by atoms with E-state index in [2.05, 4.69) is 36.0 Å². The first kappa shape index (κ1) is 15.4. The highest BCUT2D eigenvalue weighted by Gasteiger charge is 2.24. The molecule has 0 amide bonds. The van der Waals surface area contributed by atoms with E-state index in [4.69, 9.17) is 0 Å². The maximum absolute atomic E-state index is 12.9. The van der Waals surface area contributed by atoms with Crippen LogP contribution in [0.15, 0.2) is 18.3 Å². The first-order chi connectivity index (χ1) is 9.56. The SMILES string of the molecule is CC(C)NCC1CCCN(C(C)c2ccc(F)cn2)C1. The number of halogens is 1. The molecule has 2 rings (SSSR count). The first-order valence-corrected chi connectivity index (χ1v) is 7.65. The van der Waals surface area contributed by atoms with Gasteiger partial charge in [0.2, 0.25) is 0 Å². The van der Waals surface area contributed by atoms with Crippen molar-refractivity contribution >= 4 is 0 Å². The van der Waals surface area contributed by atoms with Gasteiger partial charge in [-0.05, 0) is 50.9 Å². The lowest BCUT2D eigenvalue weighted by Crippen LogP contribution is -2.42. The molecule has 0 aromatic carbocycles. The van der Waals surface area contributed by atoms with E-state index in [-0.39, 0.29) is 11.9 Å². The second kappa shape index (κ2) is 7.14. The minimum Gasteiger partial charge on any atom is -0.314 e.